The lowest BCUT2D eigenvalue weighted by Gasteiger charge is -2.20. The number of hydrogen-bond acceptors (Lipinski definition) is 4. The molecule has 0 N–H and O–H groups in total. The molecule has 112 valence electrons. The molecule has 3 heterocycles. The molecule has 3 rings (SSSR count). The van der Waals surface area contributed by atoms with Gasteiger partial charge in [0.1, 0.15) is 11.6 Å². The van der Waals surface area contributed by atoms with Gasteiger partial charge in [0.25, 0.3) is 0 Å². The summed E-state index contributed by atoms with van der Waals surface area (Å²) in [4.78, 5) is 4.75. The van der Waals surface area contributed by atoms with Gasteiger partial charge >= 0.3 is 0 Å². The third-order valence-corrected chi connectivity index (χ3v) is 4.30. The summed E-state index contributed by atoms with van der Waals surface area (Å²) in [5.41, 5.74) is 2.63. The number of hydrogen-bond donors (Lipinski definition) is 0. The highest BCUT2D eigenvalue weighted by atomic mass is 15.3. The number of imidazole rings is 1. The molecule has 0 radical (unpaired) electrons. The standard InChI is InChI=1S/C15H22N6/c1-18-5-4-12(8-18)9-19(2)10-14-11-20(3)15-13(6-16)7-17-21(14)15/h7,11-12H,4-5,8-10H2,1-3H3. The van der Waals surface area contributed by atoms with Crippen molar-refractivity contribution in [2.45, 2.75) is 13.0 Å². The molecule has 1 aliphatic rings. The van der Waals surface area contributed by atoms with E-state index in [1.54, 1.807) is 6.20 Å². The van der Waals surface area contributed by atoms with Crippen molar-refractivity contribution >= 4 is 5.65 Å². The average molecular weight is 286 g/mol. The van der Waals surface area contributed by atoms with Crippen LogP contribution in [0.4, 0.5) is 0 Å². The first kappa shape index (κ1) is 14.1. The Balaban J connectivity index is 1.73. The Kier molecular flexibility index (Phi) is 3.70. The quantitative estimate of drug-likeness (QED) is 0.839. The second-order valence-corrected chi connectivity index (χ2v) is 6.25. The average Bonchev–Trinajstić information content (AvgIpc) is 3.09. The van der Waals surface area contributed by atoms with E-state index in [1.165, 1.54) is 19.5 Å². The third kappa shape index (κ3) is 2.67. The van der Waals surface area contributed by atoms with Gasteiger partial charge < -0.3 is 14.4 Å². The van der Waals surface area contributed by atoms with Crippen LogP contribution in [0, 0.1) is 17.2 Å². The van der Waals surface area contributed by atoms with Crippen molar-refractivity contribution in [3.63, 3.8) is 0 Å². The molecule has 2 aromatic heterocycles. The molecule has 6 nitrogen and oxygen atoms in total. The van der Waals surface area contributed by atoms with Crippen LogP contribution in [0.3, 0.4) is 0 Å². The van der Waals surface area contributed by atoms with Crippen LogP contribution >= 0.6 is 0 Å². The first-order chi connectivity index (χ1) is 10.1. The van der Waals surface area contributed by atoms with Crippen molar-refractivity contribution in [2.75, 3.05) is 33.7 Å². The minimum atomic E-state index is 0.629. The van der Waals surface area contributed by atoms with Crippen molar-refractivity contribution < 1.29 is 0 Å². The highest BCUT2D eigenvalue weighted by molar-refractivity contribution is 5.56. The molecule has 0 aromatic carbocycles. The first-order valence-electron chi connectivity index (χ1n) is 7.37. The fourth-order valence-corrected chi connectivity index (χ4v) is 3.37. The molecular formula is C15H22N6. The molecule has 1 saturated heterocycles. The fourth-order valence-electron chi connectivity index (χ4n) is 3.37. The SMILES string of the molecule is CN1CCC(CN(C)Cc2cn(C)c3c(C#N)cnn23)C1. The summed E-state index contributed by atoms with van der Waals surface area (Å²) in [6.07, 6.45) is 5.00. The molecule has 1 aliphatic heterocycles. The second kappa shape index (κ2) is 5.51. The molecule has 0 bridgehead atoms. The van der Waals surface area contributed by atoms with Gasteiger partial charge in [-0.25, -0.2) is 4.52 Å². The van der Waals surface area contributed by atoms with Crippen LogP contribution in [0.1, 0.15) is 17.7 Å². The lowest BCUT2D eigenvalue weighted by Crippen LogP contribution is -2.27. The largest absolute Gasteiger partial charge is 0.333 e. The Hall–Kier alpha value is -1.84. The van der Waals surface area contributed by atoms with E-state index >= 15 is 0 Å². The number of fused-ring (bicyclic) bond motifs is 1. The lowest BCUT2D eigenvalue weighted by molar-refractivity contribution is 0.263. The van der Waals surface area contributed by atoms with E-state index < -0.39 is 0 Å². The zero-order chi connectivity index (χ0) is 15.0. The van der Waals surface area contributed by atoms with Crippen LogP contribution < -0.4 is 0 Å². The van der Waals surface area contributed by atoms with Crippen molar-refractivity contribution in [1.29, 1.82) is 5.26 Å². The predicted molar refractivity (Wildman–Crippen MR) is 80.8 cm³/mol. The van der Waals surface area contributed by atoms with E-state index in [0.29, 0.717) is 5.56 Å². The molecule has 2 aromatic rings. The van der Waals surface area contributed by atoms with E-state index in [2.05, 4.69) is 41.3 Å². The zero-order valence-electron chi connectivity index (χ0n) is 13.0. The summed E-state index contributed by atoms with van der Waals surface area (Å²) in [7, 11) is 6.31. The maximum Gasteiger partial charge on any atom is 0.153 e. The zero-order valence-corrected chi connectivity index (χ0v) is 13.0. The molecule has 0 amide bonds. The molecule has 1 atom stereocenters. The number of aryl methyl sites for hydroxylation is 1. The number of nitriles is 1. The fraction of sp³-hybridized carbons (Fsp3) is 0.600. The summed E-state index contributed by atoms with van der Waals surface area (Å²) < 4.78 is 3.87. The van der Waals surface area contributed by atoms with Crippen molar-refractivity contribution in [2.24, 2.45) is 13.0 Å². The number of nitrogens with zero attached hydrogens (tertiary/aromatic N) is 6. The molecule has 6 heteroatoms. The Morgan fingerprint density at radius 3 is 2.95 bits per heavy atom. The minimum Gasteiger partial charge on any atom is -0.333 e. The molecule has 1 fully saturated rings. The maximum atomic E-state index is 9.12. The van der Waals surface area contributed by atoms with Gasteiger partial charge in [-0.2, -0.15) is 10.4 Å². The van der Waals surface area contributed by atoms with Crippen LogP contribution in [-0.4, -0.2) is 57.7 Å². The van der Waals surface area contributed by atoms with Gasteiger partial charge in [0.2, 0.25) is 0 Å². The molecule has 0 aliphatic carbocycles. The minimum absolute atomic E-state index is 0.629. The van der Waals surface area contributed by atoms with E-state index in [9.17, 15) is 0 Å². The summed E-state index contributed by atoms with van der Waals surface area (Å²) in [5, 5.41) is 13.5. The number of likely N-dealkylation sites (tertiary alicyclic amines) is 1. The van der Waals surface area contributed by atoms with Gasteiger partial charge in [-0.05, 0) is 33.0 Å². The van der Waals surface area contributed by atoms with E-state index in [4.69, 9.17) is 5.26 Å². The van der Waals surface area contributed by atoms with Gasteiger partial charge in [0.05, 0.1) is 11.9 Å². The normalized spacial score (nSPS) is 19.7. The van der Waals surface area contributed by atoms with E-state index in [0.717, 1.165) is 30.3 Å². The smallest absolute Gasteiger partial charge is 0.153 e. The van der Waals surface area contributed by atoms with Crippen molar-refractivity contribution in [3.05, 3.63) is 23.7 Å². The highest BCUT2D eigenvalue weighted by Crippen LogP contribution is 2.18. The molecule has 21 heavy (non-hydrogen) atoms. The van der Waals surface area contributed by atoms with E-state index in [-0.39, 0.29) is 0 Å². The molecule has 0 spiro atoms. The molecule has 0 saturated carbocycles. The summed E-state index contributed by atoms with van der Waals surface area (Å²) >= 11 is 0. The van der Waals surface area contributed by atoms with Crippen LogP contribution in [0.15, 0.2) is 12.4 Å². The monoisotopic (exact) mass is 286 g/mol. The Morgan fingerprint density at radius 2 is 2.29 bits per heavy atom. The first-order valence-corrected chi connectivity index (χ1v) is 7.37. The Bertz CT molecular complexity index is 676. The van der Waals surface area contributed by atoms with Gasteiger partial charge in [-0.15, -0.1) is 0 Å². The predicted octanol–water partition coefficient (Wildman–Crippen LogP) is 0.928. The number of rotatable bonds is 4. The Morgan fingerprint density at radius 1 is 1.48 bits per heavy atom. The maximum absolute atomic E-state index is 9.12. The van der Waals surface area contributed by atoms with Crippen LogP contribution in [0.2, 0.25) is 0 Å². The van der Waals surface area contributed by atoms with Crippen LogP contribution in [0.5, 0.6) is 0 Å². The topological polar surface area (TPSA) is 52.5 Å². The van der Waals surface area contributed by atoms with Crippen LogP contribution in [-0.2, 0) is 13.6 Å². The summed E-state index contributed by atoms with van der Waals surface area (Å²) in [6, 6.07) is 2.20. The van der Waals surface area contributed by atoms with Gasteiger partial charge in [-0.1, -0.05) is 0 Å². The van der Waals surface area contributed by atoms with Crippen molar-refractivity contribution in [3.8, 4) is 6.07 Å². The second-order valence-electron chi connectivity index (χ2n) is 6.25. The van der Waals surface area contributed by atoms with Crippen molar-refractivity contribution in [1.82, 2.24) is 24.0 Å². The Labute approximate surface area is 125 Å². The molecule has 1 unspecified atom stereocenters. The van der Waals surface area contributed by atoms with Crippen LogP contribution in [0.25, 0.3) is 5.65 Å². The summed E-state index contributed by atoms with van der Waals surface area (Å²) in [6.45, 7) is 4.35. The third-order valence-electron chi connectivity index (χ3n) is 4.30. The number of aromatic nitrogens is 3. The van der Waals surface area contributed by atoms with Gasteiger partial charge in [-0.3, -0.25) is 0 Å². The van der Waals surface area contributed by atoms with E-state index in [1.807, 2.05) is 16.1 Å². The van der Waals surface area contributed by atoms with Gasteiger partial charge in [0.15, 0.2) is 5.65 Å². The highest BCUT2D eigenvalue weighted by Gasteiger charge is 2.21. The van der Waals surface area contributed by atoms with Gasteiger partial charge in [0, 0.05) is 32.9 Å². The molecular weight excluding hydrogens is 264 g/mol. The summed E-state index contributed by atoms with van der Waals surface area (Å²) in [5.74, 6) is 0.756. The lowest BCUT2D eigenvalue weighted by atomic mass is 10.1.